The molecule has 0 aliphatic carbocycles. The normalized spacial score (nSPS) is 24.1. The molecule has 5 nitrogen and oxygen atoms in total. The zero-order valence-corrected chi connectivity index (χ0v) is 16.0. The fourth-order valence-electron chi connectivity index (χ4n) is 4.30. The number of carbonyl (C=O) groups excluding carboxylic acids is 2. The van der Waals surface area contributed by atoms with Gasteiger partial charge >= 0.3 is 0 Å². The van der Waals surface area contributed by atoms with Gasteiger partial charge in [-0.1, -0.05) is 13.8 Å². The first-order valence-corrected chi connectivity index (χ1v) is 9.94. The van der Waals surface area contributed by atoms with E-state index in [1.165, 1.54) is 19.5 Å². The van der Waals surface area contributed by atoms with Gasteiger partial charge in [-0.25, -0.2) is 0 Å². The number of nitrogens with zero attached hydrogens (tertiary/aromatic N) is 2. The predicted octanol–water partition coefficient (Wildman–Crippen LogP) is 2.91. The third kappa shape index (κ3) is 4.85. The second-order valence-electron chi connectivity index (χ2n) is 8.01. The standard InChI is InChI=1S/C21H31N3O2/c1-16-13-17(2)15-23(14-16)11-4-10-22-21(26)18-6-8-19(9-7-18)24-12-3-5-20(24)25/h6-9,16-17H,3-5,10-15H2,1-2H3,(H,22,26)/t16-,17-/m0/s1. The molecular formula is C21H31N3O2. The molecule has 26 heavy (non-hydrogen) atoms. The van der Waals surface area contributed by atoms with Crippen LogP contribution in [0.15, 0.2) is 24.3 Å². The maximum absolute atomic E-state index is 12.3. The second-order valence-corrected chi connectivity index (χ2v) is 8.01. The van der Waals surface area contributed by atoms with Crippen molar-refractivity contribution in [2.24, 2.45) is 11.8 Å². The van der Waals surface area contributed by atoms with Crippen LogP contribution in [0.25, 0.3) is 0 Å². The number of nitrogens with one attached hydrogen (secondary N) is 1. The Morgan fingerprint density at radius 3 is 2.46 bits per heavy atom. The van der Waals surface area contributed by atoms with Crippen LogP contribution in [0.1, 0.15) is 49.9 Å². The molecule has 0 unspecified atom stereocenters. The fourth-order valence-corrected chi connectivity index (χ4v) is 4.30. The van der Waals surface area contributed by atoms with Crippen LogP contribution in [0.5, 0.6) is 0 Å². The van der Waals surface area contributed by atoms with Gasteiger partial charge < -0.3 is 15.1 Å². The monoisotopic (exact) mass is 357 g/mol. The Labute approximate surface area is 156 Å². The number of likely N-dealkylation sites (tertiary alicyclic amines) is 1. The molecule has 3 rings (SSSR count). The average molecular weight is 357 g/mol. The van der Waals surface area contributed by atoms with Crippen molar-refractivity contribution in [3.05, 3.63) is 29.8 Å². The highest BCUT2D eigenvalue weighted by atomic mass is 16.2. The SMILES string of the molecule is C[C@H]1C[C@H](C)CN(CCCNC(=O)c2ccc(N3CCCC3=O)cc2)C1. The summed E-state index contributed by atoms with van der Waals surface area (Å²) >= 11 is 0. The molecule has 1 N–H and O–H groups in total. The lowest BCUT2D eigenvalue weighted by atomic mass is 9.92. The molecule has 2 amide bonds. The number of benzene rings is 1. The molecule has 5 heteroatoms. The molecule has 0 spiro atoms. The van der Waals surface area contributed by atoms with Crippen molar-refractivity contribution in [3.63, 3.8) is 0 Å². The van der Waals surface area contributed by atoms with Crippen LogP contribution < -0.4 is 10.2 Å². The fraction of sp³-hybridized carbons (Fsp3) is 0.619. The highest BCUT2D eigenvalue weighted by Gasteiger charge is 2.22. The quantitative estimate of drug-likeness (QED) is 0.797. The second kappa shape index (κ2) is 8.67. The maximum atomic E-state index is 12.3. The zero-order chi connectivity index (χ0) is 18.5. The van der Waals surface area contributed by atoms with Crippen LogP contribution in [0.4, 0.5) is 5.69 Å². The molecule has 1 aromatic carbocycles. The molecule has 2 atom stereocenters. The molecule has 1 aromatic rings. The Morgan fingerprint density at radius 2 is 1.85 bits per heavy atom. The predicted molar refractivity (Wildman–Crippen MR) is 104 cm³/mol. The molecule has 2 heterocycles. The van der Waals surface area contributed by atoms with E-state index in [-0.39, 0.29) is 11.8 Å². The van der Waals surface area contributed by atoms with Crippen LogP contribution in [0, 0.1) is 11.8 Å². The smallest absolute Gasteiger partial charge is 0.251 e. The average Bonchev–Trinajstić information content (AvgIpc) is 3.04. The topological polar surface area (TPSA) is 52.7 Å². The highest BCUT2D eigenvalue weighted by Crippen LogP contribution is 2.22. The van der Waals surface area contributed by atoms with Crippen LogP contribution in [0.2, 0.25) is 0 Å². The highest BCUT2D eigenvalue weighted by molar-refractivity contribution is 5.97. The van der Waals surface area contributed by atoms with Crippen LogP contribution in [0.3, 0.4) is 0 Å². The lowest BCUT2D eigenvalue weighted by molar-refractivity contribution is -0.117. The lowest BCUT2D eigenvalue weighted by Crippen LogP contribution is -2.40. The molecule has 142 valence electrons. The van der Waals surface area contributed by atoms with Crippen LogP contribution in [-0.2, 0) is 4.79 Å². The number of rotatable bonds is 6. The van der Waals surface area contributed by atoms with E-state index >= 15 is 0 Å². The minimum atomic E-state index is -0.0373. The molecule has 2 fully saturated rings. The van der Waals surface area contributed by atoms with Crippen molar-refractivity contribution in [1.82, 2.24) is 10.2 Å². The molecular weight excluding hydrogens is 326 g/mol. The number of anilines is 1. The van der Waals surface area contributed by atoms with Crippen molar-refractivity contribution >= 4 is 17.5 Å². The van der Waals surface area contributed by atoms with E-state index in [0.29, 0.717) is 18.5 Å². The van der Waals surface area contributed by atoms with Gasteiger partial charge in [0.25, 0.3) is 5.91 Å². The number of carbonyl (C=O) groups is 2. The summed E-state index contributed by atoms with van der Waals surface area (Å²) in [6.07, 6.45) is 3.84. The largest absolute Gasteiger partial charge is 0.352 e. The van der Waals surface area contributed by atoms with Gasteiger partial charge in [-0.2, -0.15) is 0 Å². The first kappa shape index (κ1) is 18.9. The van der Waals surface area contributed by atoms with Gasteiger partial charge in [0, 0.05) is 43.9 Å². The van der Waals surface area contributed by atoms with Crippen molar-refractivity contribution in [2.75, 3.05) is 37.6 Å². The number of piperidine rings is 1. The van der Waals surface area contributed by atoms with Gasteiger partial charge in [0.2, 0.25) is 5.91 Å². The van der Waals surface area contributed by atoms with E-state index in [0.717, 1.165) is 43.5 Å². The lowest BCUT2D eigenvalue weighted by Gasteiger charge is -2.34. The van der Waals surface area contributed by atoms with Gasteiger partial charge in [-0.15, -0.1) is 0 Å². The van der Waals surface area contributed by atoms with Gasteiger partial charge in [-0.3, -0.25) is 9.59 Å². The van der Waals surface area contributed by atoms with Crippen molar-refractivity contribution in [1.29, 1.82) is 0 Å². The minimum absolute atomic E-state index is 0.0373. The zero-order valence-electron chi connectivity index (χ0n) is 16.0. The van der Waals surface area contributed by atoms with Gasteiger partial charge in [0.1, 0.15) is 0 Å². The van der Waals surface area contributed by atoms with E-state index in [2.05, 4.69) is 24.1 Å². The summed E-state index contributed by atoms with van der Waals surface area (Å²) in [4.78, 5) is 28.4. The van der Waals surface area contributed by atoms with Crippen molar-refractivity contribution in [2.45, 2.75) is 39.5 Å². The van der Waals surface area contributed by atoms with Crippen LogP contribution >= 0.6 is 0 Å². The van der Waals surface area contributed by atoms with E-state index in [1.807, 2.05) is 24.3 Å². The molecule has 2 aliphatic heterocycles. The summed E-state index contributed by atoms with van der Waals surface area (Å²) in [5, 5.41) is 3.01. The molecule has 0 bridgehead atoms. The maximum Gasteiger partial charge on any atom is 0.251 e. The Morgan fingerprint density at radius 1 is 1.15 bits per heavy atom. The van der Waals surface area contributed by atoms with E-state index in [1.54, 1.807) is 4.90 Å². The Kier molecular flexibility index (Phi) is 6.30. The summed E-state index contributed by atoms with van der Waals surface area (Å²) < 4.78 is 0. The summed E-state index contributed by atoms with van der Waals surface area (Å²) in [5.41, 5.74) is 1.54. The van der Waals surface area contributed by atoms with Gasteiger partial charge in [-0.05, 0) is 61.9 Å². The molecule has 0 saturated carbocycles. The number of hydrogen-bond acceptors (Lipinski definition) is 3. The Hall–Kier alpha value is -1.88. The Balaban J connectivity index is 1.41. The molecule has 0 aromatic heterocycles. The van der Waals surface area contributed by atoms with E-state index in [9.17, 15) is 9.59 Å². The van der Waals surface area contributed by atoms with E-state index < -0.39 is 0 Å². The summed E-state index contributed by atoms with van der Waals surface area (Å²) in [6, 6.07) is 7.36. The van der Waals surface area contributed by atoms with Crippen LogP contribution in [-0.4, -0.2) is 49.4 Å². The first-order valence-electron chi connectivity index (χ1n) is 9.94. The van der Waals surface area contributed by atoms with E-state index in [4.69, 9.17) is 0 Å². The molecule has 2 aliphatic rings. The minimum Gasteiger partial charge on any atom is -0.352 e. The third-order valence-electron chi connectivity index (χ3n) is 5.40. The Bertz CT molecular complexity index is 619. The summed E-state index contributed by atoms with van der Waals surface area (Å²) in [5.74, 6) is 1.68. The van der Waals surface area contributed by atoms with Crippen molar-refractivity contribution in [3.8, 4) is 0 Å². The number of hydrogen-bond donors (Lipinski definition) is 1. The third-order valence-corrected chi connectivity index (χ3v) is 5.40. The first-order chi connectivity index (χ1) is 12.5. The molecule has 2 saturated heterocycles. The summed E-state index contributed by atoms with van der Waals surface area (Å²) in [7, 11) is 0. The van der Waals surface area contributed by atoms with Crippen molar-refractivity contribution < 1.29 is 9.59 Å². The number of amides is 2. The molecule has 0 radical (unpaired) electrons. The van der Waals surface area contributed by atoms with Gasteiger partial charge in [0.15, 0.2) is 0 Å². The van der Waals surface area contributed by atoms with Gasteiger partial charge in [0.05, 0.1) is 0 Å². The summed E-state index contributed by atoms with van der Waals surface area (Å²) in [6.45, 7) is 9.52.